The van der Waals surface area contributed by atoms with Crippen LogP contribution in [0.5, 0.6) is 0 Å². The standard InChI is InChI=1S/C29H31N7O/c1-29(2,37)21-11-12-35(17-21)27-14-28(32-18-31-27)36-26-13-22(10-9-20(26)16-33-36)34-25-8-4-6-23-19(15-30)5-3-7-24(23)25/h3,5,7,9-10,13-14,16,18,21,25,34,37H,4,6,8,11-12,17H2,1-2H3/t21-,25+/m1/s1. The van der Waals surface area contributed by atoms with E-state index in [2.05, 4.69) is 55.6 Å². The van der Waals surface area contributed by atoms with Crippen LogP contribution in [0.25, 0.3) is 16.7 Å². The van der Waals surface area contributed by atoms with Crippen molar-refractivity contribution < 1.29 is 5.11 Å². The van der Waals surface area contributed by atoms with Gasteiger partial charge in [-0.25, -0.2) is 14.6 Å². The molecule has 2 atom stereocenters. The molecule has 2 aromatic carbocycles. The number of nitriles is 1. The minimum atomic E-state index is -0.707. The molecule has 0 amide bonds. The average molecular weight is 494 g/mol. The van der Waals surface area contributed by atoms with E-state index in [1.54, 1.807) is 6.33 Å². The zero-order chi connectivity index (χ0) is 25.6. The Balaban J connectivity index is 1.28. The molecule has 6 rings (SSSR count). The van der Waals surface area contributed by atoms with E-state index in [-0.39, 0.29) is 12.0 Å². The predicted molar refractivity (Wildman–Crippen MR) is 144 cm³/mol. The highest BCUT2D eigenvalue weighted by molar-refractivity contribution is 5.83. The highest BCUT2D eigenvalue weighted by atomic mass is 16.3. The molecule has 0 radical (unpaired) electrons. The Bertz CT molecular complexity index is 1500. The fourth-order valence-electron chi connectivity index (χ4n) is 5.77. The number of nitrogens with one attached hydrogen (secondary N) is 1. The molecule has 1 aliphatic heterocycles. The lowest BCUT2D eigenvalue weighted by atomic mass is 9.85. The Morgan fingerprint density at radius 1 is 1.11 bits per heavy atom. The van der Waals surface area contributed by atoms with Crippen LogP contribution in [0.15, 0.2) is 55.0 Å². The minimum absolute atomic E-state index is 0.162. The third-order valence-corrected chi connectivity index (χ3v) is 7.91. The van der Waals surface area contributed by atoms with Crippen LogP contribution < -0.4 is 10.2 Å². The van der Waals surface area contributed by atoms with Crippen LogP contribution >= 0.6 is 0 Å². The summed E-state index contributed by atoms with van der Waals surface area (Å²) in [6.07, 6.45) is 7.41. The molecule has 0 saturated carbocycles. The highest BCUT2D eigenvalue weighted by Crippen LogP contribution is 2.35. The molecule has 0 spiro atoms. The fourth-order valence-corrected chi connectivity index (χ4v) is 5.77. The maximum absolute atomic E-state index is 10.4. The summed E-state index contributed by atoms with van der Waals surface area (Å²) in [6.45, 7) is 5.38. The topological polar surface area (TPSA) is 103 Å². The number of rotatable bonds is 5. The Hall–Kier alpha value is -3.96. The number of fused-ring (bicyclic) bond motifs is 2. The summed E-state index contributed by atoms with van der Waals surface area (Å²) in [7, 11) is 0. The van der Waals surface area contributed by atoms with E-state index in [9.17, 15) is 10.4 Å². The predicted octanol–water partition coefficient (Wildman–Crippen LogP) is 4.77. The Morgan fingerprint density at radius 2 is 1.97 bits per heavy atom. The summed E-state index contributed by atoms with van der Waals surface area (Å²) < 4.78 is 1.86. The second kappa shape index (κ2) is 9.16. The van der Waals surface area contributed by atoms with E-state index in [1.165, 1.54) is 11.1 Å². The molecule has 4 aromatic rings. The average Bonchev–Trinajstić information content (AvgIpc) is 3.56. The van der Waals surface area contributed by atoms with Gasteiger partial charge < -0.3 is 15.3 Å². The normalized spacial score (nSPS) is 19.6. The number of benzene rings is 2. The van der Waals surface area contributed by atoms with Gasteiger partial charge in [0.25, 0.3) is 0 Å². The molecule has 8 heteroatoms. The van der Waals surface area contributed by atoms with Crippen LogP contribution in [0.1, 0.15) is 55.8 Å². The monoisotopic (exact) mass is 493 g/mol. The van der Waals surface area contributed by atoms with Gasteiger partial charge in [-0.3, -0.25) is 0 Å². The molecule has 37 heavy (non-hydrogen) atoms. The number of aromatic nitrogens is 4. The van der Waals surface area contributed by atoms with Crippen molar-refractivity contribution >= 4 is 22.4 Å². The van der Waals surface area contributed by atoms with E-state index < -0.39 is 5.60 Å². The van der Waals surface area contributed by atoms with Gasteiger partial charge in [0, 0.05) is 36.1 Å². The van der Waals surface area contributed by atoms with Gasteiger partial charge in [-0.2, -0.15) is 10.4 Å². The molecule has 188 valence electrons. The van der Waals surface area contributed by atoms with Crippen molar-refractivity contribution in [2.45, 2.75) is 51.2 Å². The number of hydrogen-bond donors (Lipinski definition) is 2. The largest absolute Gasteiger partial charge is 0.390 e. The van der Waals surface area contributed by atoms with Crippen molar-refractivity contribution in [2.24, 2.45) is 5.92 Å². The highest BCUT2D eigenvalue weighted by Gasteiger charge is 2.34. The maximum atomic E-state index is 10.4. The first-order valence-electron chi connectivity index (χ1n) is 13.0. The first kappa shape index (κ1) is 23.4. The van der Waals surface area contributed by atoms with E-state index in [0.717, 1.165) is 66.7 Å². The molecule has 3 heterocycles. The van der Waals surface area contributed by atoms with Crippen LogP contribution in [0.4, 0.5) is 11.5 Å². The molecule has 0 unspecified atom stereocenters. The molecule has 1 saturated heterocycles. The van der Waals surface area contributed by atoms with Crippen LogP contribution in [-0.4, -0.2) is 43.5 Å². The first-order valence-corrected chi connectivity index (χ1v) is 13.0. The summed E-state index contributed by atoms with van der Waals surface area (Å²) in [5.74, 6) is 1.77. The molecule has 8 nitrogen and oxygen atoms in total. The molecule has 2 aliphatic rings. The molecule has 2 aromatic heterocycles. The third kappa shape index (κ3) is 4.40. The van der Waals surface area contributed by atoms with Gasteiger partial charge in [-0.1, -0.05) is 12.1 Å². The second-order valence-electron chi connectivity index (χ2n) is 10.7. The lowest BCUT2D eigenvalue weighted by molar-refractivity contribution is 0.0263. The zero-order valence-corrected chi connectivity index (χ0v) is 21.2. The van der Waals surface area contributed by atoms with Gasteiger partial charge in [0.1, 0.15) is 12.1 Å². The summed E-state index contributed by atoms with van der Waals surface area (Å²) in [5.41, 5.74) is 4.44. The zero-order valence-electron chi connectivity index (χ0n) is 21.2. The summed E-state index contributed by atoms with van der Waals surface area (Å²) in [6, 6.07) is 16.8. The Labute approximate surface area is 216 Å². The first-order chi connectivity index (χ1) is 17.9. The van der Waals surface area contributed by atoms with Gasteiger partial charge in [0.2, 0.25) is 0 Å². The van der Waals surface area contributed by atoms with Crippen molar-refractivity contribution in [1.29, 1.82) is 5.26 Å². The molecule has 1 fully saturated rings. The van der Waals surface area contributed by atoms with Crippen LogP contribution in [0, 0.1) is 17.2 Å². The van der Waals surface area contributed by atoms with Gasteiger partial charge in [-0.05, 0) is 74.9 Å². The van der Waals surface area contributed by atoms with E-state index >= 15 is 0 Å². The Kier molecular flexibility index (Phi) is 5.81. The van der Waals surface area contributed by atoms with Gasteiger partial charge >= 0.3 is 0 Å². The number of nitrogens with zero attached hydrogens (tertiary/aromatic N) is 6. The Morgan fingerprint density at radius 3 is 2.78 bits per heavy atom. The molecular formula is C29H31N7O. The van der Waals surface area contributed by atoms with Crippen molar-refractivity contribution in [2.75, 3.05) is 23.3 Å². The third-order valence-electron chi connectivity index (χ3n) is 7.91. The summed E-state index contributed by atoms with van der Waals surface area (Å²) in [5, 5.41) is 29.4. The van der Waals surface area contributed by atoms with Crippen molar-refractivity contribution in [3.63, 3.8) is 0 Å². The van der Waals surface area contributed by atoms with Crippen LogP contribution in [0.3, 0.4) is 0 Å². The lowest BCUT2D eigenvalue weighted by Crippen LogP contribution is -2.33. The lowest BCUT2D eigenvalue weighted by Gasteiger charge is -2.28. The maximum Gasteiger partial charge on any atom is 0.159 e. The van der Waals surface area contributed by atoms with E-state index in [1.807, 2.05) is 42.9 Å². The van der Waals surface area contributed by atoms with Crippen LogP contribution in [0.2, 0.25) is 0 Å². The van der Waals surface area contributed by atoms with Crippen molar-refractivity contribution in [3.05, 3.63) is 71.7 Å². The van der Waals surface area contributed by atoms with Crippen molar-refractivity contribution in [3.8, 4) is 11.9 Å². The molecule has 2 N–H and O–H groups in total. The molecule has 1 aliphatic carbocycles. The summed E-state index contributed by atoms with van der Waals surface area (Å²) in [4.78, 5) is 11.3. The van der Waals surface area contributed by atoms with Gasteiger partial charge in [0.05, 0.1) is 35.0 Å². The van der Waals surface area contributed by atoms with Gasteiger partial charge in [0.15, 0.2) is 5.82 Å². The minimum Gasteiger partial charge on any atom is -0.390 e. The smallest absolute Gasteiger partial charge is 0.159 e. The van der Waals surface area contributed by atoms with Gasteiger partial charge in [-0.15, -0.1) is 0 Å². The quantitative estimate of drug-likeness (QED) is 0.413. The van der Waals surface area contributed by atoms with Crippen LogP contribution in [-0.2, 0) is 6.42 Å². The van der Waals surface area contributed by atoms with E-state index in [4.69, 9.17) is 0 Å². The SMILES string of the molecule is CC(C)(O)[C@@H]1CCN(c2cc(-n3ncc4ccc(N[C@H]5CCCc6c(C#N)cccc65)cc43)ncn2)C1. The second-order valence-corrected chi connectivity index (χ2v) is 10.7. The van der Waals surface area contributed by atoms with E-state index in [0.29, 0.717) is 5.82 Å². The number of aliphatic hydroxyl groups is 1. The summed E-state index contributed by atoms with van der Waals surface area (Å²) >= 11 is 0. The molecule has 0 bridgehead atoms. The number of anilines is 2. The number of hydrogen-bond acceptors (Lipinski definition) is 7. The fraction of sp³-hybridized carbons (Fsp3) is 0.379. The van der Waals surface area contributed by atoms with Crippen molar-refractivity contribution in [1.82, 2.24) is 19.7 Å². The molecular weight excluding hydrogens is 462 g/mol.